The maximum Gasteiger partial charge on any atom is 0.241 e. The topological polar surface area (TPSA) is 61.9 Å². The van der Waals surface area contributed by atoms with E-state index >= 15 is 0 Å². The molecule has 0 aromatic heterocycles. The number of para-hydroxylation sites is 2. The summed E-state index contributed by atoms with van der Waals surface area (Å²) >= 11 is 0. The van der Waals surface area contributed by atoms with Crippen LogP contribution in [0.25, 0.3) is 0 Å². The van der Waals surface area contributed by atoms with Gasteiger partial charge in [-0.2, -0.15) is 0 Å². The normalized spacial score (nSPS) is 15.2. The SMILES string of the molecule is COc1ccccc1N1CCN(CCCNS(=O)(=O)c2c(C)c(C)c(C)c(C)c2C)CC1. The minimum absolute atomic E-state index is 0.444. The van der Waals surface area contributed by atoms with Gasteiger partial charge in [0, 0.05) is 32.7 Å². The van der Waals surface area contributed by atoms with E-state index in [1.54, 1.807) is 7.11 Å². The third-order valence-electron chi connectivity index (χ3n) is 6.94. The number of benzene rings is 2. The van der Waals surface area contributed by atoms with Crippen molar-refractivity contribution in [2.45, 2.75) is 45.9 Å². The van der Waals surface area contributed by atoms with E-state index in [1.807, 2.05) is 45.9 Å². The first-order valence-electron chi connectivity index (χ1n) is 11.3. The lowest BCUT2D eigenvalue weighted by molar-refractivity contribution is 0.254. The van der Waals surface area contributed by atoms with Crippen molar-refractivity contribution in [3.63, 3.8) is 0 Å². The van der Waals surface area contributed by atoms with E-state index < -0.39 is 10.0 Å². The van der Waals surface area contributed by atoms with E-state index in [4.69, 9.17) is 4.74 Å². The fourth-order valence-electron chi connectivity index (χ4n) is 4.55. The van der Waals surface area contributed by atoms with Gasteiger partial charge >= 0.3 is 0 Å². The molecule has 0 bridgehead atoms. The van der Waals surface area contributed by atoms with Gasteiger partial charge < -0.3 is 9.64 Å². The summed E-state index contributed by atoms with van der Waals surface area (Å²) in [5.41, 5.74) is 6.13. The van der Waals surface area contributed by atoms with Crippen LogP contribution < -0.4 is 14.4 Å². The van der Waals surface area contributed by atoms with Crippen LogP contribution >= 0.6 is 0 Å². The first-order chi connectivity index (χ1) is 15.2. The second-order valence-corrected chi connectivity index (χ2v) is 10.4. The molecule has 0 saturated carbocycles. The number of anilines is 1. The van der Waals surface area contributed by atoms with Crippen LogP contribution in [0.1, 0.15) is 34.2 Å². The summed E-state index contributed by atoms with van der Waals surface area (Å²) in [5, 5.41) is 0. The third kappa shape index (κ3) is 5.11. The largest absolute Gasteiger partial charge is 0.495 e. The fraction of sp³-hybridized carbons (Fsp3) is 0.520. The van der Waals surface area contributed by atoms with Crippen molar-refractivity contribution in [2.24, 2.45) is 0 Å². The summed E-state index contributed by atoms with van der Waals surface area (Å²) in [6.07, 6.45) is 0.788. The zero-order chi connectivity index (χ0) is 23.5. The Morgan fingerprint density at radius 2 is 1.44 bits per heavy atom. The lowest BCUT2D eigenvalue weighted by Crippen LogP contribution is -2.47. The van der Waals surface area contributed by atoms with Gasteiger partial charge in [0.15, 0.2) is 0 Å². The molecule has 0 unspecified atom stereocenters. The maximum atomic E-state index is 13.1. The van der Waals surface area contributed by atoms with Crippen LogP contribution in [0.15, 0.2) is 29.2 Å². The molecule has 1 saturated heterocycles. The number of nitrogens with zero attached hydrogens (tertiary/aromatic N) is 2. The number of nitrogens with one attached hydrogen (secondary N) is 1. The van der Waals surface area contributed by atoms with Crippen molar-refractivity contribution in [1.82, 2.24) is 9.62 Å². The van der Waals surface area contributed by atoms with Gasteiger partial charge in [0.1, 0.15) is 5.75 Å². The predicted molar refractivity (Wildman–Crippen MR) is 132 cm³/mol. The minimum atomic E-state index is -3.53. The number of hydrogen-bond donors (Lipinski definition) is 1. The van der Waals surface area contributed by atoms with Crippen LogP contribution in [-0.2, 0) is 10.0 Å². The zero-order valence-corrected chi connectivity index (χ0v) is 21.1. The molecule has 1 N–H and O–H groups in total. The number of hydrogen-bond acceptors (Lipinski definition) is 5. The molecule has 3 rings (SSSR count). The Morgan fingerprint density at radius 1 is 0.875 bits per heavy atom. The van der Waals surface area contributed by atoms with Crippen LogP contribution in [0.5, 0.6) is 5.75 Å². The molecule has 0 spiro atoms. The van der Waals surface area contributed by atoms with E-state index in [-0.39, 0.29) is 0 Å². The lowest BCUT2D eigenvalue weighted by Gasteiger charge is -2.36. The summed E-state index contributed by atoms with van der Waals surface area (Å²) in [6.45, 7) is 15.0. The zero-order valence-electron chi connectivity index (χ0n) is 20.3. The summed E-state index contributed by atoms with van der Waals surface area (Å²) in [6, 6.07) is 8.12. The van der Waals surface area contributed by atoms with Crippen molar-refractivity contribution < 1.29 is 13.2 Å². The molecule has 1 aliphatic heterocycles. The highest BCUT2D eigenvalue weighted by Gasteiger charge is 2.24. The van der Waals surface area contributed by atoms with Crippen LogP contribution in [0.2, 0.25) is 0 Å². The highest BCUT2D eigenvalue weighted by atomic mass is 32.2. The Hall–Kier alpha value is -2.09. The van der Waals surface area contributed by atoms with Crippen molar-refractivity contribution in [1.29, 1.82) is 0 Å². The summed E-state index contributed by atoms with van der Waals surface area (Å²) in [4.78, 5) is 5.20. The lowest BCUT2D eigenvalue weighted by atomic mass is 9.95. The molecule has 7 heteroatoms. The molecule has 2 aromatic rings. The van der Waals surface area contributed by atoms with E-state index in [1.165, 1.54) is 5.56 Å². The minimum Gasteiger partial charge on any atom is -0.495 e. The molecule has 1 fully saturated rings. The third-order valence-corrected chi connectivity index (χ3v) is 8.68. The molecule has 0 aliphatic carbocycles. The molecule has 0 amide bonds. The van der Waals surface area contributed by atoms with Gasteiger partial charge in [-0.1, -0.05) is 12.1 Å². The van der Waals surface area contributed by atoms with Crippen molar-refractivity contribution in [3.8, 4) is 5.75 Å². The number of piperazine rings is 1. The predicted octanol–water partition coefficient (Wildman–Crippen LogP) is 3.73. The number of methoxy groups -OCH3 is 1. The molecule has 0 radical (unpaired) electrons. The Kier molecular flexibility index (Phi) is 7.85. The second kappa shape index (κ2) is 10.2. The highest BCUT2D eigenvalue weighted by Crippen LogP contribution is 2.30. The molecule has 1 aliphatic rings. The van der Waals surface area contributed by atoms with Crippen molar-refractivity contribution >= 4 is 15.7 Å². The number of rotatable bonds is 8. The van der Waals surface area contributed by atoms with Gasteiger partial charge in [0.05, 0.1) is 17.7 Å². The van der Waals surface area contributed by atoms with Crippen LogP contribution in [-0.4, -0.2) is 59.7 Å². The van der Waals surface area contributed by atoms with Gasteiger partial charge in [-0.3, -0.25) is 4.90 Å². The molecule has 1 heterocycles. The molecule has 6 nitrogen and oxygen atoms in total. The Bertz CT molecular complexity index is 1030. The van der Waals surface area contributed by atoms with E-state index in [9.17, 15) is 8.42 Å². The smallest absolute Gasteiger partial charge is 0.241 e. The van der Waals surface area contributed by atoms with Gasteiger partial charge in [-0.25, -0.2) is 13.1 Å². The molecule has 32 heavy (non-hydrogen) atoms. The van der Waals surface area contributed by atoms with Crippen LogP contribution in [0.3, 0.4) is 0 Å². The fourth-order valence-corrected chi connectivity index (χ4v) is 6.22. The van der Waals surface area contributed by atoms with Crippen LogP contribution in [0, 0.1) is 34.6 Å². The number of ether oxygens (including phenoxy) is 1. The van der Waals surface area contributed by atoms with Gasteiger partial charge in [0.25, 0.3) is 0 Å². The summed E-state index contributed by atoms with van der Waals surface area (Å²) < 4.78 is 34.4. The average Bonchev–Trinajstić information content (AvgIpc) is 2.79. The summed E-state index contributed by atoms with van der Waals surface area (Å²) in [5.74, 6) is 0.905. The standard InChI is InChI=1S/C25H37N3O3S/c1-18-19(2)21(4)25(22(5)20(18)3)32(29,30)26-12-9-13-27-14-16-28(17-15-27)23-10-7-8-11-24(23)31-6/h7-8,10-11,26H,9,12-17H2,1-6H3. The summed E-state index contributed by atoms with van der Waals surface area (Å²) in [7, 11) is -1.82. The Morgan fingerprint density at radius 3 is 2.03 bits per heavy atom. The first kappa shape index (κ1) is 24.6. The molecule has 0 atom stereocenters. The monoisotopic (exact) mass is 459 g/mol. The first-order valence-corrected chi connectivity index (χ1v) is 12.8. The molecular formula is C25H37N3O3S. The van der Waals surface area contributed by atoms with Gasteiger partial charge in [-0.05, 0) is 87.5 Å². The Balaban J connectivity index is 1.52. The average molecular weight is 460 g/mol. The van der Waals surface area contributed by atoms with Gasteiger partial charge in [0.2, 0.25) is 10.0 Å². The van der Waals surface area contributed by atoms with Gasteiger partial charge in [-0.15, -0.1) is 0 Å². The molecular weight excluding hydrogens is 422 g/mol. The molecule has 176 valence electrons. The molecule has 2 aromatic carbocycles. The van der Waals surface area contributed by atoms with Crippen molar-refractivity contribution in [2.75, 3.05) is 51.3 Å². The van der Waals surface area contributed by atoms with E-state index in [0.717, 1.165) is 72.8 Å². The quantitative estimate of drug-likeness (QED) is 0.610. The van der Waals surface area contributed by atoms with E-state index in [0.29, 0.717) is 11.4 Å². The second-order valence-electron chi connectivity index (χ2n) is 8.71. The number of sulfonamides is 1. The van der Waals surface area contributed by atoms with Crippen molar-refractivity contribution in [3.05, 3.63) is 52.1 Å². The van der Waals surface area contributed by atoms with E-state index in [2.05, 4.69) is 27.5 Å². The Labute approximate surface area is 193 Å². The van der Waals surface area contributed by atoms with Crippen LogP contribution in [0.4, 0.5) is 5.69 Å². The maximum absolute atomic E-state index is 13.1. The highest BCUT2D eigenvalue weighted by molar-refractivity contribution is 7.89.